The van der Waals surface area contributed by atoms with Gasteiger partial charge in [0.1, 0.15) is 5.82 Å². The standard InChI is InChI=1S/C16H21FN2O2/c1-12(2)19-10-9-18(11-16(19)21)15(20)8-5-13-3-6-14(17)7-4-13/h3-4,6-7,12H,5,8-11H2,1-2H3. The first-order chi connectivity index (χ1) is 9.97. The number of amides is 2. The summed E-state index contributed by atoms with van der Waals surface area (Å²) in [6.45, 7) is 5.30. The number of hydrogen-bond donors (Lipinski definition) is 0. The number of nitrogens with zero attached hydrogens (tertiary/aromatic N) is 2. The highest BCUT2D eigenvalue weighted by Crippen LogP contribution is 2.11. The lowest BCUT2D eigenvalue weighted by Crippen LogP contribution is -2.54. The van der Waals surface area contributed by atoms with Crippen molar-refractivity contribution in [3.63, 3.8) is 0 Å². The third-order valence-corrected chi connectivity index (χ3v) is 3.77. The van der Waals surface area contributed by atoms with E-state index in [0.29, 0.717) is 25.9 Å². The number of piperazine rings is 1. The van der Waals surface area contributed by atoms with Gasteiger partial charge >= 0.3 is 0 Å². The molecule has 21 heavy (non-hydrogen) atoms. The largest absolute Gasteiger partial charge is 0.337 e. The van der Waals surface area contributed by atoms with E-state index >= 15 is 0 Å². The Kier molecular flexibility index (Phi) is 4.94. The fraction of sp³-hybridized carbons (Fsp3) is 0.500. The van der Waals surface area contributed by atoms with Crippen molar-refractivity contribution in [2.24, 2.45) is 0 Å². The van der Waals surface area contributed by atoms with Crippen LogP contribution in [0.1, 0.15) is 25.8 Å². The maximum Gasteiger partial charge on any atom is 0.242 e. The molecule has 0 bridgehead atoms. The fourth-order valence-electron chi connectivity index (χ4n) is 2.51. The van der Waals surface area contributed by atoms with Crippen LogP contribution in [-0.2, 0) is 16.0 Å². The molecule has 0 spiro atoms. The summed E-state index contributed by atoms with van der Waals surface area (Å²) in [4.78, 5) is 27.5. The van der Waals surface area contributed by atoms with Crippen LogP contribution in [0.25, 0.3) is 0 Å². The van der Waals surface area contributed by atoms with Gasteiger partial charge in [-0.1, -0.05) is 12.1 Å². The summed E-state index contributed by atoms with van der Waals surface area (Å²) in [5.74, 6) is -0.289. The fourth-order valence-corrected chi connectivity index (χ4v) is 2.51. The highest BCUT2D eigenvalue weighted by atomic mass is 19.1. The van der Waals surface area contributed by atoms with Crippen molar-refractivity contribution in [3.8, 4) is 0 Å². The van der Waals surface area contributed by atoms with Crippen molar-refractivity contribution in [3.05, 3.63) is 35.6 Å². The molecule has 4 nitrogen and oxygen atoms in total. The van der Waals surface area contributed by atoms with Crippen LogP contribution in [0.5, 0.6) is 0 Å². The summed E-state index contributed by atoms with van der Waals surface area (Å²) < 4.78 is 12.8. The molecule has 2 rings (SSSR count). The molecule has 0 N–H and O–H groups in total. The summed E-state index contributed by atoms with van der Waals surface area (Å²) in [7, 11) is 0. The molecule has 1 heterocycles. The van der Waals surface area contributed by atoms with Gasteiger partial charge in [-0.25, -0.2) is 4.39 Å². The number of hydrogen-bond acceptors (Lipinski definition) is 2. The lowest BCUT2D eigenvalue weighted by atomic mass is 10.1. The summed E-state index contributed by atoms with van der Waals surface area (Å²) in [6.07, 6.45) is 0.915. The minimum atomic E-state index is -0.277. The molecule has 0 aromatic heterocycles. The highest BCUT2D eigenvalue weighted by molar-refractivity contribution is 5.86. The average Bonchev–Trinajstić information content (AvgIpc) is 2.45. The zero-order chi connectivity index (χ0) is 15.4. The van der Waals surface area contributed by atoms with Crippen LogP contribution in [0, 0.1) is 5.82 Å². The van der Waals surface area contributed by atoms with E-state index in [1.807, 2.05) is 13.8 Å². The number of benzene rings is 1. The van der Waals surface area contributed by atoms with Gasteiger partial charge in [0.15, 0.2) is 0 Å². The minimum Gasteiger partial charge on any atom is -0.337 e. The highest BCUT2D eigenvalue weighted by Gasteiger charge is 2.27. The summed E-state index contributed by atoms with van der Waals surface area (Å²) in [5.41, 5.74) is 0.928. The van der Waals surface area contributed by atoms with Gasteiger partial charge in [-0.2, -0.15) is 0 Å². The van der Waals surface area contributed by atoms with Crippen molar-refractivity contribution in [2.75, 3.05) is 19.6 Å². The molecule has 1 fully saturated rings. The van der Waals surface area contributed by atoms with Gasteiger partial charge in [-0.3, -0.25) is 9.59 Å². The lowest BCUT2D eigenvalue weighted by molar-refractivity contribution is -0.146. The normalized spacial score (nSPS) is 15.7. The lowest BCUT2D eigenvalue weighted by Gasteiger charge is -2.36. The van der Waals surface area contributed by atoms with Crippen LogP contribution in [0.2, 0.25) is 0 Å². The molecule has 0 saturated carbocycles. The molecule has 1 aliphatic rings. The van der Waals surface area contributed by atoms with E-state index in [0.717, 1.165) is 5.56 Å². The Morgan fingerprint density at radius 3 is 2.48 bits per heavy atom. The molecule has 0 unspecified atom stereocenters. The summed E-state index contributed by atoms with van der Waals surface area (Å²) in [6, 6.07) is 6.33. The summed E-state index contributed by atoms with van der Waals surface area (Å²) >= 11 is 0. The third-order valence-electron chi connectivity index (χ3n) is 3.77. The number of aryl methyl sites for hydroxylation is 1. The molecule has 1 saturated heterocycles. The van der Waals surface area contributed by atoms with Gasteiger partial charge in [0.25, 0.3) is 0 Å². The van der Waals surface area contributed by atoms with E-state index in [2.05, 4.69) is 0 Å². The Labute approximate surface area is 124 Å². The van der Waals surface area contributed by atoms with Crippen molar-refractivity contribution in [1.82, 2.24) is 9.80 Å². The van der Waals surface area contributed by atoms with E-state index in [9.17, 15) is 14.0 Å². The zero-order valence-electron chi connectivity index (χ0n) is 12.5. The molecule has 0 radical (unpaired) electrons. The molecular formula is C16H21FN2O2. The predicted molar refractivity (Wildman–Crippen MR) is 78.2 cm³/mol. The van der Waals surface area contributed by atoms with Crippen LogP contribution in [0.4, 0.5) is 4.39 Å². The topological polar surface area (TPSA) is 40.6 Å². The average molecular weight is 292 g/mol. The minimum absolute atomic E-state index is 0.00591. The second kappa shape index (κ2) is 6.70. The van der Waals surface area contributed by atoms with Gasteiger partial charge in [-0.15, -0.1) is 0 Å². The number of rotatable bonds is 4. The smallest absolute Gasteiger partial charge is 0.242 e. The van der Waals surface area contributed by atoms with Crippen LogP contribution in [-0.4, -0.2) is 47.3 Å². The summed E-state index contributed by atoms with van der Waals surface area (Å²) in [5, 5.41) is 0. The van der Waals surface area contributed by atoms with E-state index in [-0.39, 0.29) is 30.2 Å². The molecule has 0 atom stereocenters. The van der Waals surface area contributed by atoms with Crippen LogP contribution in [0.15, 0.2) is 24.3 Å². The van der Waals surface area contributed by atoms with E-state index in [1.54, 1.807) is 21.9 Å². The van der Waals surface area contributed by atoms with Crippen molar-refractivity contribution < 1.29 is 14.0 Å². The third kappa shape index (κ3) is 4.03. The predicted octanol–water partition coefficient (Wildman–Crippen LogP) is 1.84. The molecule has 0 aliphatic carbocycles. The van der Waals surface area contributed by atoms with Crippen LogP contribution < -0.4 is 0 Å². The van der Waals surface area contributed by atoms with Gasteiger partial charge in [0, 0.05) is 25.6 Å². The molecule has 1 aromatic rings. The molecule has 5 heteroatoms. The molecule has 1 aliphatic heterocycles. The van der Waals surface area contributed by atoms with Gasteiger partial charge in [0.05, 0.1) is 6.54 Å². The second-order valence-electron chi connectivity index (χ2n) is 5.62. The Morgan fingerprint density at radius 1 is 1.24 bits per heavy atom. The number of halogens is 1. The SMILES string of the molecule is CC(C)N1CCN(C(=O)CCc2ccc(F)cc2)CC1=O. The van der Waals surface area contributed by atoms with Gasteiger partial charge in [-0.05, 0) is 38.0 Å². The van der Waals surface area contributed by atoms with Crippen molar-refractivity contribution in [2.45, 2.75) is 32.7 Å². The van der Waals surface area contributed by atoms with Crippen molar-refractivity contribution >= 4 is 11.8 Å². The van der Waals surface area contributed by atoms with Crippen LogP contribution in [0.3, 0.4) is 0 Å². The van der Waals surface area contributed by atoms with Crippen molar-refractivity contribution in [1.29, 1.82) is 0 Å². The Hall–Kier alpha value is -1.91. The van der Waals surface area contributed by atoms with E-state index in [4.69, 9.17) is 0 Å². The Balaban J connectivity index is 1.84. The quantitative estimate of drug-likeness (QED) is 0.849. The first-order valence-electron chi connectivity index (χ1n) is 7.29. The van der Waals surface area contributed by atoms with Gasteiger partial charge < -0.3 is 9.80 Å². The molecule has 114 valence electrons. The number of carbonyl (C=O) groups is 2. The molecule has 2 amide bonds. The van der Waals surface area contributed by atoms with Crippen LogP contribution >= 0.6 is 0 Å². The molecule has 1 aromatic carbocycles. The number of carbonyl (C=O) groups excluding carboxylic acids is 2. The maximum absolute atomic E-state index is 12.8. The first kappa shape index (κ1) is 15.5. The maximum atomic E-state index is 12.8. The molecular weight excluding hydrogens is 271 g/mol. The van der Waals surface area contributed by atoms with E-state index < -0.39 is 0 Å². The Morgan fingerprint density at radius 2 is 1.90 bits per heavy atom. The van der Waals surface area contributed by atoms with Gasteiger partial charge in [0.2, 0.25) is 11.8 Å². The monoisotopic (exact) mass is 292 g/mol. The first-order valence-corrected chi connectivity index (χ1v) is 7.29. The van der Waals surface area contributed by atoms with E-state index in [1.165, 1.54) is 12.1 Å². The zero-order valence-corrected chi connectivity index (χ0v) is 12.5. The second-order valence-corrected chi connectivity index (χ2v) is 5.62. The Bertz CT molecular complexity index is 514.